The maximum atomic E-state index is 5.95. The Morgan fingerprint density at radius 3 is 3.00 bits per heavy atom. The van der Waals surface area contributed by atoms with Crippen molar-refractivity contribution < 1.29 is 9.15 Å². The summed E-state index contributed by atoms with van der Waals surface area (Å²) in [6, 6.07) is 1.84. The van der Waals surface area contributed by atoms with Gasteiger partial charge in [-0.05, 0) is 52.9 Å². The third-order valence-electron chi connectivity index (χ3n) is 3.86. The van der Waals surface area contributed by atoms with Crippen LogP contribution in [0.4, 0.5) is 0 Å². The van der Waals surface area contributed by atoms with Crippen LogP contribution in [0.3, 0.4) is 0 Å². The molecule has 0 amide bonds. The van der Waals surface area contributed by atoms with E-state index in [0.717, 1.165) is 23.6 Å². The van der Waals surface area contributed by atoms with Gasteiger partial charge < -0.3 is 14.5 Å². The first-order chi connectivity index (χ1) is 12.7. The zero-order valence-corrected chi connectivity index (χ0v) is 15.9. The summed E-state index contributed by atoms with van der Waals surface area (Å²) in [6.07, 6.45) is 12.8. The number of rotatable bonds is 5. The van der Waals surface area contributed by atoms with Crippen LogP contribution in [0.25, 0.3) is 11.6 Å². The van der Waals surface area contributed by atoms with E-state index in [-0.39, 0.29) is 12.8 Å². The minimum atomic E-state index is -0.128. The lowest BCUT2D eigenvalue weighted by molar-refractivity contribution is 0.164. The van der Waals surface area contributed by atoms with Crippen molar-refractivity contribution in [1.82, 2.24) is 25.3 Å². The average molecular weight is 437 g/mol. The number of ether oxygens (including phenoxy) is 1. The topological polar surface area (TPSA) is 78.0 Å². The first kappa shape index (κ1) is 17.1. The number of nitrogens with one attached hydrogen (secondary N) is 1. The highest BCUT2D eigenvalue weighted by Crippen LogP contribution is 2.26. The van der Waals surface area contributed by atoms with Gasteiger partial charge in [0, 0.05) is 17.5 Å². The fourth-order valence-corrected chi connectivity index (χ4v) is 3.15. The number of hydrogen-bond donors (Lipinski definition) is 1. The van der Waals surface area contributed by atoms with Crippen LogP contribution in [-0.2, 0) is 11.3 Å². The number of allylic oxidation sites excluding steroid dienone is 6. The normalized spacial score (nSPS) is 19.1. The Balaban J connectivity index is 1.50. The molecular formula is C17H15BrClN5O2. The van der Waals surface area contributed by atoms with Crippen molar-refractivity contribution in [3.05, 3.63) is 63.9 Å². The first-order valence-electron chi connectivity index (χ1n) is 8.04. The second-order valence-corrected chi connectivity index (χ2v) is 6.99. The minimum absolute atomic E-state index is 0.128. The highest BCUT2D eigenvalue weighted by atomic mass is 79.9. The number of aromatic nitrogens is 4. The Bertz CT molecular complexity index is 927. The van der Waals surface area contributed by atoms with E-state index in [1.165, 1.54) is 0 Å². The number of nitrogens with zero attached hydrogens (tertiary/aromatic N) is 4. The fourth-order valence-electron chi connectivity index (χ4n) is 2.61. The molecule has 1 aliphatic carbocycles. The average Bonchev–Trinajstić information content (AvgIpc) is 3.28. The molecule has 0 spiro atoms. The maximum absolute atomic E-state index is 5.95. The molecule has 9 heteroatoms. The van der Waals surface area contributed by atoms with Crippen LogP contribution in [0.2, 0.25) is 0 Å². The second kappa shape index (κ2) is 7.51. The van der Waals surface area contributed by atoms with E-state index in [2.05, 4.69) is 36.5 Å². The third-order valence-corrected chi connectivity index (χ3v) is 4.57. The van der Waals surface area contributed by atoms with Gasteiger partial charge in [-0.3, -0.25) is 0 Å². The highest BCUT2D eigenvalue weighted by molar-refractivity contribution is 9.10. The summed E-state index contributed by atoms with van der Waals surface area (Å²) in [5.41, 5.74) is 0.708. The summed E-state index contributed by atoms with van der Waals surface area (Å²) < 4.78 is 13.9. The fraction of sp³-hybridized carbons (Fsp3) is 0.235. The molecule has 0 bridgehead atoms. The second-order valence-electron chi connectivity index (χ2n) is 5.69. The van der Waals surface area contributed by atoms with Gasteiger partial charge in [0.15, 0.2) is 6.61 Å². The SMILES string of the molecule is ClC1=CC=C(OCc2nnc(-c3cc(Br)nn3C3C=CC=CN3)o2)CC1. The van der Waals surface area contributed by atoms with Crippen molar-refractivity contribution in [3.63, 3.8) is 0 Å². The molecule has 0 fully saturated rings. The van der Waals surface area contributed by atoms with E-state index in [9.17, 15) is 0 Å². The summed E-state index contributed by atoms with van der Waals surface area (Å²) in [5.74, 6) is 1.63. The summed E-state index contributed by atoms with van der Waals surface area (Å²) in [4.78, 5) is 0. The summed E-state index contributed by atoms with van der Waals surface area (Å²) in [7, 11) is 0. The van der Waals surface area contributed by atoms with Crippen molar-refractivity contribution >= 4 is 27.5 Å². The molecule has 2 aliphatic rings. The Morgan fingerprint density at radius 2 is 2.23 bits per heavy atom. The van der Waals surface area contributed by atoms with E-state index in [1.54, 1.807) is 4.68 Å². The highest BCUT2D eigenvalue weighted by Gasteiger charge is 2.20. The smallest absolute Gasteiger partial charge is 0.266 e. The monoisotopic (exact) mass is 435 g/mol. The van der Waals surface area contributed by atoms with Crippen LogP contribution < -0.4 is 5.32 Å². The Kier molecular flexibility index (Phi) is 4.94. The molecule has 4 rings (SSSR count). The van der Waals surface area contributed by atoms with Gasteiger partial charge in [0.05, 0.1) is 5.76 Å². The van der Waals surface area contributed by atoms with Crippen LogP contribution in [0.15, 0.2) is 62.5 Å². The van der Waals surface area contributed by atoms with Crippen LogP contribution in [0, 0.1) is 0 Å². The van der Waals surface area contributed by atoms with Crippen molar-refractivity contribution in [2.75, 3.05) is 0 Å². The molecule has 2 aromatic rings. The molecule has 0 aromatic carbocycles. The van der Waals surface area contributed by atoms with E-state index in [1.807, 2.05) is 42.6 Å². The molecular weight excluding hydrogens is 422 g/mol. The lowest BCUT2D eigenvalue weighted by atomic mass is 10.1. The van der Waals surface area contributed by atoms with Crippen molar-refractivity contribution in [2.45, 2.75) is 25.6 Å². The van der Waals surface area contributed by atoms with Gasteiger partial charge in [-0.15, -0.1) is 10.2 Å². The minimum Gasteiger partial charge on any atom is -0.488 e. The molecule has 26 heavy (non-hydrogen) atoms. The molecule has 1 N–H and O–H groups in total. The van der Waals surface area contributed by atoms with Gasteiger partial charge in [0.1, 0.15) is 16.5 Å². The molecule has 0 radical (unpaired) electrons. The molecule has 1 unspecified atom stereocenters. The van der Waals surface area contributed by atoms with Gasteiger partial charge in [-0.2, -0.15) is 5.10 Å². The standard InChI is InChI=1S/C17H15BrClN5O2/c18-14-9-13(24(23-14)15-3-1-2-8-20-15)17-22-21-16(26-17)10-25-12-6-4-11(19)5-7-12/h1-4,6,8-9,15,20H,5,7,10H2. The first-order valence-corrected chi connectivity index (χ1v) is 9.21. The van der Waals surface area contributed by atoms with Gasteiger partial charge in [-0.25, -0.2) is 4.68 Å². The zero-order valence-electron chi connectivity index (χ0n) is 13.6. The third kappa shape index (κ3) is 3.76. The molecule has 7 nitrogen and oxygen atoms in total. The van der Waals surface area contributed by atoms with Crippen molar-refractivity contribution in [3.8, 4) is 11.6 Å². The van der Waals surface area contributed by atoms with E-state index in [4.69, 9.17) is 20.8 Å². The van der Waals surface area contributed by atoms with Gasteiger partial charge in [-0.1, -0.05) is 17.7 Å². The van der Waals surface area contributed by atoms with E-state index >= 15 is 0 Å². The Hall–Kier alpha value is -2.32. The zero-order chi connectivity index (χ0) is 17.9. The van der Waals surface area contributed by atoms with E-state index in [0.29, 0.717) is 22.1 Å². The van der Waals surface area contributed by atoms with Gasteiger partial charge in [0.2, 0.25) is 0 Å². The van der Waals surface area contributed by atoms with Crippen molar-refractivity contribution in [1.29, 1.82) is 0 Å². The number of hydrogen-bond acceptors (Lipinski definition) is 6. The summed E-state index contributed by atoms with van der Waals surface area (Å²) in [5, 5.41) is 16.7. The molecule has 0 saturated carbocycles. The lowest BCUT2D eigenvalue weighted by Crippen LogP contribution is -2.23. The van der Waals surface area contributed by atoms with Crippen LogP contribution in [0.5, 0.6) is 0 Å². The van der Waals surface area contributed by atoms with E-state index < -0.39 is 0 Å². The quantitative estimate of drug-likeness (QED) is 0.757. The molecule has 3 heterocycles. The Labute approximate surface area is 163 Å². The van der Waals surface area contributed by atoms with Crippen LogP contribution >= 0.6 is 27.5 Å². The number of halogens is 2. The maximum Gasteiger partial charge on any atom is 0.266 e. The summed E-state index contributed by atoms with van der Waals surface area (Å²) >= 11 is 9.35. The number of dihydropyridines is 1. The molecule has 2 aromatic heterocycles. The molecule has 1 aliphatic heterocycles. The predicted molar refractivity (Wildman–Crippen MR) is 99.7 cm³/mol. The predicted octanol–water partition coefficient (Wildman–Crippen LogP) is 4.18. The largest absolute Gasteiger partial charge is 0.488 e. The van der Waals surface area contributed by atoms with Crippen LogP contribution in [0.1, 0.15) is 24.9 Å². The lowest BCUT2D eigenvalue weighted by Gasteiger charge is -2.17. The summed E-state index contributed by atoms with van der Waals surface area (Å²) in [6.45, 7) is 0.212. The van der Waals surface area contributed by atoms with Crippen LogP contribution in [-0.4, -0.2) is 20.0 Å². The molecule has 0 saturated heterocycles. The Morgan fingerprint density at radius 1 is 1.31 bits per heavy atom. The van der Waals surface area contributed by atoms with Gasteiger partial charge in [0.25, 0.3) is 11.8 Å². The molecule has 1 atom stereocenters. The van der Waals surface area contributed by atoms with Gasteiger partial charge >= 0.3 is 0 Å². The molecule has 134 valence electrons. The van der Waals surface area contributed by atoms with Crippen molar-refractivity contribution in [2.24, 2.45) is 0 Å².